The Morgan fingerprint density at radius 2 is 1.36 bits per heavy atom. The molecule has 45 heavy (non-hydrogen) atoms. The van der Waals surface area contributed by atoms with Gasteiger partial charge >= 0.3 is 0 Å². The lowest BCUT2D eigenvalue weighted by atomic mass is 9.95. The minimum Gasteiger partial charge on any atom is -0.496 e. The lowest BCUT2D eigenvalue weighted by Crippen LogP contribution is -2.26. The van der Waals surface area contributed by atoms with E-state index in [0.717, 1.165) is 43.9 Å². The van der Waals surface area contributed by atoms with Crippen molar-refractivity contribution in [1.29, 1.82) is 0 Å². The van der Waals surface area contributed by atoms with Crippen LogP contribution in [0.15, 0.2) is 39.2 Å². The van der Waals surface area contributed by atoms with Gasteiger partial charge in [-0.25, -0.2) is 15.0 Å². The van der Waals surface area contributed by atoms with Crippen LogP contribution in [0.25, 0.3) is 40.9 Å². The van der Waals surface area contributed by atoms with Crippen LogP contribution < -0.4 is 21.3 Å². The molecule has 1 N–H and O–H groups in total. The van der Waals surface area contributed by atoms with Crippen molar-refractivity contribution in [3.8, 4) is 5.75 Å². The molecule has 0 aromatic carbocycles. The number of methoxy groups -OCH3 is 1. The Morgan fingerprint density at radius 3 is 1.93 bits per heavy atom. The Balaban J connectivity index is 0.000000145. The summed E-state index contributed by atoms with van der Waals surface area (Å²) in [7, 11) is 1.58. The maximum atomic E-state index is 12.9. The van der Waals surface area contributed by atoms with E-state index < -0.39 is 0 Å². The van der Waals surface area contributed by atoms with Crippen LogP contribution in [-0.4, -0.2) is 36.2 Å². The largest absolute Gasteiger partial charge is 0.496 e. The van der Waals surface area contributed by atoms with Gasteiger partial charge in [-0.3, -0.25) is 23.5 Å². The van der Waals surface area contributed by atoms with Gasteiger partial charge in [0.05, 0.1) is 30.5 Å². The molecule has 2 aliphatic rings. The Bertz CT molecular complexity index is 2240. The van der Waals surface area contributed by atoms with Crippen LogP contribution in [-0.2, 0) is 0 Å². The van der Waals surface area contributed by atoms with Crippen LogP contribution in [0.2, 0.25) is 10.3 Å². The van der Waals surface area contributed by atoms with Crippen LogP contribution >= 0.6 is 45.9 Å². The fourth-order valence-corrected chi connectivity index (χ4v) is 9.28. The first kappa shape index (κ1) is 30.3. The minimum absolute atomic E-state index is 0.0167. The zero-order valence-corrected chi connectivity index (χ0v) is 27.6. The number of fused-ring (bicyclic) bond motifs is 6. The molecule has 10 nitrogen and oxygen atoms in total. The predicted octanol–water partition coefficient (Wildman–Crippen LogP) is 7.63. The van der Waals surface area contributed by atoms with Gasteiger partial charge in [-0.1, -0.05) is 61.7 Å². The highest BCUT2D eigenvalue weighted by atomic mass is 35.5. The first-order valence-electron chi connectivity index (χ1n) is 15.1. The van der Waals surface area contributed by atoms with Gasteiger partial charge in [0, 0.05) is 24.2 Å². The number of aromatic nitrogens is 6. The second-order valence-electron chi connectivity index (χ2n) is 11.6. The van der Waals surface area contributed by atoms with E-state index in [4.69, 9.17) is 27.9 Å². The quantitative estimate of drug-likeness (QED) is 0.190. The highest BCUT2D eigenvalue weighted by molar-refractivity contribution is 7.25. The smallest absolute Gasteiger partial charge is 0.271 e. The Labute approximate surface area is 274 Å². The molecule has 2 saturated carbocycles. The monoisotopic (exact) mass is 684 g/mol. The highest BCUT2D eigenvalue weighted by Gasteiger charge is 2.22. The van der Waals surface area contributed by atoms with Gasteiger partial charge in [0.1, 0.15) is 46.1 Å². The summed E-state index contributed by atoms with van der Waals surface area (Å²) in [4.78, 5) is 55.3. The SMILES string of the molecule is COc1cc(Cl)nc2sc3c(=O)n(C4CCCCC4)cnc3c12.O=c1cc(Cl)[nH]c2sc3c(=O)n(C4CCCCC4)cnc3c12. The molecule has 0 saturated heterocycles. The van der Waals surface area contributed by atoms with Crippen LogP contribution in [0.1, 0.15) is 76.3 Å². The van der Waals surface area contributed by atoms with Crippen molar-refractivity contribution in [2.75, 3.05) is 7.11 Å². The van der Waals surface area contributed by atoms with Gasteiger partial charge < -0.3 is 9.72 Å². The molecule has 0 aliphatic heterocycles. The number of nitrogens with one attached hydrogen (secondary N) is 1. The van der Waals surface area contributed by atoms with Gasteiger partial charge in [0.15, 0.2) is 5.43 Å². The van der Waals surface area contributed by atoms with E-state index in [0.29, 0.717) is 46.4 Å². The van der Waals surface area contributed by atoms with Gasteiger partial charge in [0.2, 0.25) is 0 Å². The van der Waals surface area contributed by atoms with Crippen LogP contribution in [0.4, 0.5) is 0 Å². The standard InChI is InChI=1S/C16H16ClN3O2S.C15H14ClN3O2S/c1-22-10-7-11(17)19-15-12(10)13-14(23-15)16(21)20(8-18-13)9-5-3-2-4-6-9;16-10-6-9(20)11-12-13(22-14(11)18-10)15(21)19(7-17-12)8-4-2-1-3-5-8/h7-9H,2-6H2,1H3;6-8H,1-5H2,(H,18,20). The average molecular weight is 686 g/mol. The summed E-state index contributed by atoms with van der Waals surface area (Å²) < 4.78 is 10.1. The lowest BCUT2D eigenvalue weighted by Gasteiger charge is -2.23. The normalized spacial score (nSPS) is 16.4. The number of nitrogens with zero attached hydrogens (tertiary/aromatic N) is 5. The van der Waals surface area contributed by atoms with Crippen molar-refractivity contribution in [2.45, 2.75) is 76.3 Å². The summed E-state index contributed by atoms with van der Waals surface area (Å²) >= 11 is 14.5. The van der Waals surface area contributed by atoms with Gasteiger partial charge in [-0.05, 0) is 25.7 Å². The average Bonchev–Trinajstić information content (AvgIpc) is 3.61. The van der Waals surface area contributed by atoms with Crippen LogP contribution in [0.5, 0.6) is 5.75 Å². The zero-order chi connectivity index (χ0) is 31.2. The van der Waals surface area contributed by atoms with E-state index in [9.17, 15) is 14.4 Å². The number of aromatic amines is 1. The maximum absolute atomic E-state index is 12.9. The maximum Gasteiger partial charge on any atom is 0.271 e. The molecule has 8 rings (SSSR count). The fraction of sp³-hybridized carbons (Fsp3) is 0.419. The summed E-state index contributed by atoms with van der Waals surface area (Å²) in [6, 6.07) is 3.47. The van der Waals surface area contributed by atoms with E-state index in [2.05, 4.69) is 19.9 Å². The third-order valence-electron chi connectivity index (χ3n) is 8.83. The number of H-pyrrole nitrogens is 1. The van der Waals surface area contributed by atoms with Crippen molar-refractivity contribution in [3.63, 3.8) is 0 Å². The third-order valence-corrected chi connectivity index (χ3v) is 11.4. The molecular weight excluding hydrogens is 655 g/mol. The summed E-state index contributed by atoms with van der Waals surface area (Å²) in [5.41, 5.74) is 0.899. The first-order valence-corrected chi connectivity index (χ1v) is 17.5. The van der Waals surface area contributed by atoms with E-state index >= 15 is 0 Å². The molecule has 0 spiro atoms. The van der Waals surface area contributed by atoms with Crippen molar-refractivity contribution in [1.82, 2.24) is 29.1 Å². The summed E-state index contributed by atoms with van der Waals surface area (Å²) in [5, 5.41) is 1.85. The molecule has 0 bridgehead atoms. The molecule has 234 valence electrons. The Hall–Kier alpha value is -3.32. The first-order chi connectivity index (χ1) is 21.8. The number of hydrogen-bond acceptors (Lipinski definition) is 9. The summed E-state index contributed by atoms with van der Waals surface area (Å²) in [6.45, 7) is 0. The molecule has 6 aromatic heterocycles. The lowest BCUT2D eigenvalue weighted by molar-refractivity contribution is 0.345. The molecule has 0 radical (unpaired) electrons. The van der Waals surface area contributed by atoms with E-state index in [1.807, 2.05) is 0 Å². The van der Waals surface area contributed by atoms with Crippen LogP contribution in [0.3, 0.4) is 0 Å². The Morgan fingerprint density at radius 1 is 0.800 bits per heavy atom. The van der Waals surface area contributed by atoms with Crippen molar-refractivity contribution in [2.24, 2.45) is 0 Å². The molecular formula is C31H30Cl2N6O4S2. The number of halogens is 2. The second kappa shape index (κ2) is 12.5. The number of rotatable bonds is 3. The van der Waals surface area contributed by atoms with Crippen molar-refractivity contribution in [3.05, 3.63) is 66.0 Å². The van der Waals surface area contributed by atoms with E-state index in [-0.39, 0.29) is 33.8 Å². The van der Waals surface area contributed by atoms with Crippen molar-refractivity contribution >= 4 is 86.7 Å². The van der Waals surface area contributed by atoms with Crippen LogP contribution in [0, 0.1) is 0 Å². The fourth-order valence-electron chi connectivity index (χ4n) is 6.61. The summed E-state index contributed by atoms with van der Waals surface area (Å²) in [6.07, 6.45) is 14.5. The molecule has 6 aromatic rings. The summed E-state index contributed by atoms with van der Waals surface area (Å²) in [5.74, 6) is 0.605. The Kier molecular flexibility index (Phi) is 8.40. The molecule has 14 heteroatoms. The second-order valence-corrected chi connectivity index (χ2v) is 14.4. The number of hydrogen-bond donors (Lipinski definition) is 1. The molecule has 0 atom stereocenters. The molecule has 0 amide bonds. The highest BCUT2D eigenvalue weighted by Crippen LogP contribution is 2.38. The molecule has 6 heterocycles. The van der Waals surface area contributed by atoms with Gasteiger partial charge in [-0.15, -0.1) is 22.7 Å². The molecule has 0 unspecified atom stereocenters. The predicted molar refractivity (Wildman–Crippen MR) is 182 cm³/mol. The zero-order valence-electron chi connectivity index (χ0n) is 24.5. The number of ether oxygens (including phenoxy) is 1. The molecule has 2 aliphatic carbocycles. The van der Waals surface area contributed by atoms with Crippen molar-refractivity contribution < 1.29 is 4.74 Å². The van der Waals surface area contributed by atoms with E-state index in [1.165, 1.54) is 54.4 Å². The topological polar surface area (TPSA) is 125 Å². The minimum atomic E-state index is -0.202. The molecule has 2 fully saturated rings. The third kappa shape index (κ3) is 5.55. The van der Waals surface area contributed by atoms with Gasteiger partial charge in [-0.2, -0.15) is 0 Å². The number of pyridine rings is 2. The number of thiophene rings is 2. The van der Waals surface area contributed by atoms with Gasteiger partial charge in [0.25, 0.3) is 11.1 Å². The van der Waals surface area contributed by atoms with E-state index in [1.54, 1.807) is 35.0 Å².